The monoisotopic (exact) mass is 253 g/mol. The number of rotatable bonds is 4. The second-order valence-corrected chi connectivity index (χ2v) is 8.65. The molecular formula is C17H35N. The molecule has 18 heavy (non-hydrogen) atoms. The van der Waals surface area contributed by atoms with Crippen LogP contribution in [0, 0.1) is 5.41 Å². The predicted molar refractivity (Wildman–Crippen MR) is 82.0 cm³/mol. The third kappa shape index (κ3) is 4.57. The highest BCUT2D eigenvalue weighted by atomic mass is 15.3. The first kappa shape index (κ1) is 16.0. The molecule has 1 aliphatic heterocycles. The summed E-state index contributed by atoms with van der Waals surface area (Å²) in [4.78, 5) is 2.77. The molecule has 1 rings (SSSR count). The highest BCUT2D eigenvalue weighted by Gasteiger charge is 2.40. The minimum Gasteiger partial charge on any atom is -0.293 e. The van der Waals surface area contributed by atoms with Gasteiger partial charge in [0.15, 0.2) is 0 Å². The standard InChI is InChI=1S/C17H35N/c1-15(2,3)11-8-9-14-18-16(4,5)12-10-13-17(18,6)7/h8-14H2,1-7H3. The van der Waals surface area contributed by atoms with Crippen molar-refractivity contribution in [2.75, 3.05) is 6.54 Å². The Hall–Kier alpha value is -0.0400. The number of hydrogen-bond donors (Lipinski definition) is 0. The maximum atomic E-state index is 2.77. The van der Waals surface area contributed by atoms with Crippen LogP contribution in [-0.2, 0) is 0 Å². The van der Waals surface area contributed by atoms with Crippen molar-refractivity contribution in [2.45, 2.75) is 98.1 Å². The van der Waals surface area contributed by atoms with Crippen LogP contribution in [0.15, 0.2) is 0 Å². The Morgan fingerprint density at radius 2 is 1.39 bits per heavy atom. The lowest BCUT2D eigenvalue weighted by molar-refractivity contribution is -0.0279. The molecule has 1 nitrogen and oxygen atoms in total. The fraction of sp³-hybridized carbons (Fsp3) is 1.00. The molecule has 0 saturated carbocycles. The summed E-state index contributed by atoms with van der Waals surface area (Å²) in [6.45, 7) is 18.0. The van der Waals surface area contributed by atoms with Crippen LogP contribution in [0.5, 0.6) is 0 Å². The molecule has 0 aliphatic carbocycles. The molecule has 1 fully saturated rings. The van der Waals surface area contributed by atoms with Crippen molar-refractivity contribution in [2.24, 2.45) is 5.41 Å². The molecular weight excluding hydrogens is 218 g/mol. The molecule has 0 atom stereocenters. The number of unbranched alkanes of at least 4 members (excludes halogenated alkanes) is 1. The molecule has 1 heterocycles. The summed E-state index contributed by atoms with van der Waals surface area (Å²) in [7, 11) is 0. The fourth-order valence-corrected chi connectivity index (χ4v) is 3.57. The van der Waals surface area contributed by atoms with E-state index in [0.717, 1.165) is 0 Å². The summed E-state index contributed by atoms with van der Waals surface area (Å²) in [6, 6.07) is 0. The molecule has 0 radical (unpaired) electrons. The lowest BCUT2D eigenvalue weighted by atomic mass is 9.79. The minimum absolute atomic E-state index is 0.392. The second-order valence-electron chi connectivity index (χ2n) is 8.65. The van der Waals surface area contributed by atoms with Gasteiger partial charge in [0.1, 0.15) is 0 Å². The van der Waals surface area contributed by atoms with E-state index < -0.39 is 0 Å². The van der Waals surface area contributed by atoms with Crippen molar-refractivity contribution < 1.29 is 0 Å². The Bertz CT molecular complexity index is 241. The average Bonchev–Trinajstić information content (AvgIpc) is 2.12. The van der Waals surface area contributed by atoms with Crippen LogP contribution < -0.4 is 0 Å². The summed E-state index contributed by atoms with van der Waals surface area (Å²) in [5.74, 6) is 0. The van der Waals surface area contributed by atoms with Gasteiger partial charge in [-0.05, 0) is 71.8 Å². The highest BCUT2D eigenvalue weighted by molar-refractivity contribution is 4.96. The quantitative estimate of drug-likeness (QED) is 0.619. The van der Waals surface area contributed by atoms with Gasteiger partial charge >= 0.3 is 0 Å². The van der Waals surface area contributed by atoms with Crippen LogP contribution in [0.2, 0.25) is 0 Å². The van der Waals surface area contributed by atoms with Gasteiger partial charge in [-0.15, -0.1) is 0 Å². The van der Waals surface area contributed by atoms with E-state index in [9.17, 15) is 0 Å². The van der Waals surface area contributed by atoms with E-state index in [1.165, 1.54) is 45.1 Å². The van der Waals surface area contributed by atoms with Gasteiger partial charge in [-0.3, -0.25) is 4.90 Å². The Morgan fingerprint density at radius 1 is 0.889 bits per heavy atom. The Labute approximate surface area is 115 Å². The molecule has 0 spiro atoms. The molecule has 1 heteroatoms. The summed E-state index contributed by atoms with van der Waals surface area (Å²) in [6.07, 6.45) is 8.17. The van der Waals surface area contributed by atoms with Crippen molar-refractivity contribution in [1.82, 2.24) is 4.90 Å². The van der Waals surface area contributed by atoms with E-state index in [-0.39, 0.29) is 0 Å². The van der Waals surface area contributed by atoms with Crippen LogP contribution in [0.3, 0.4) is 0 Å². The fourth-order valence-electron chi connectivity index (χ4n) is 3.57. The topological polar surface area (TPSA) is 3.24 Å². The van der Waals surface area contributed by atoms with E-state index >= 15 is 0 Å². The number of piperidine rings is 1. The lowest BCUT2D eigenvalue weighted by Gasteiger charge is -2.53. The van der Waals surface area contributed by atoms with Crippen molar-refractivity contribution in [3.8, 4) is 0 Å². The van der Waals surface area contributed by atoms with E-state index in [1.54, 1.807) is 0 Å². The van der Waals surface area contributed by atoms with E-state index in [4.69, 9.17) is 0 Å². The molecule has 108 valence electrons. The number of likely N-dealkylation sites (tertiary alicyclic amines) is 1. The zero-order valence-electron chi connectivity index (χ0n) is 13.9. The van der Waals surface area contributed by atoms with Crippen molar-refractivity contribution in [3.63, 3.8) is 0 Å². The van der Waals surface area contributed by atoms with Gasteiger partial charge in [0.2, 0.25) is 0 Å². The largest absolute Gasteiger partial charge is 0.293 e. The molecule has 0 aromatic heterocycles. The number of hydrogen-bond acceptors (Lipinski definition) is 1. The van der Waals surface area contributed by atoms with Crippen LogP contribution in [0.25, 0.3) is 0 Å². The first-order valence-corrected chi connectivity index (χ1v) is 7.82. The van der Waals surface area contributed by atoms with Crippen molar-refractivity contribution in [3.05, 3.63) is 0 Å². The maximum Gasteiger partial charge on any atom is 0.0158 e. The molecule has 0 bridgehead atoms. The van der Waals surface area contributed by atoms with Gasteiger partial charge in [0.25, 0.3) is 0 Å². The first-order chi connectivity index (χ1) is 8.05. The SMILES string of the molecule is CC(C)(C)CCCCN1C(C)(C)CCCC1(C)C. The third-order valence-corrected chi connectivity index (χ3v) is 4.60. The maximum absolute atomic E-state index is 2.77. The van der Waals surface area contributed by atoms with Gasteiger partial charge < -0.3 is 0 Å². The van der Waals surface area contributed by atoms with Gasteiger partial charge in [0.05, 0.1) is 0 Å². The molecule has 0 unspecified atom stereocenters. The van der Waals surface area contributed by atoms with Crippen molar-refractivity contribution >= 4 is 0 Å². The molecule has 0 N–H and O–H groups in total. The van der Waals surface area contributed by atoms with Crippen molar-refractivity contribution in [1.29, 1.82) is 0 Å². The molecule has 0 aromatic rings. The minimum atomic E-state index is 0.392. The third-order valence-electron chi connectivity index (χ3n) is 4.60. The summed E-state index contributed by atoms with van der Waals surface area (Å²) in [5.41, 5.74) is 1.28. The van der Waals surface area contributed by atoms with E-state index in [0.29, 0.717) is 16.5 Å². The highest BCUT2D eigenvalue weighted by Crippen LogP contribution is 2.38. The van der Waals surface area contributed by atoms with Gasteiger partial charge in [-0.2, -0.15) is 0 Å². The van der Waals surface area contributed by atoms with Gasteiger partial charge in [0, 0.05) is 11.1 Å². The summed E-state index contributed by atoms with van der Waals surface area (Å²) >= 11 is 0. The first-order valence-electron chi connectivity index (χ1n) is 7.82. The smallest absolute Gasteiger partial charge is 0.0158 e. The molecule has 1 aliphatic rings. The molecule has 0 amide bonds. The van der Waals surface area contributed by atoms with Gasteiger partial charge in [-0.25, -0.2) is 0 Å². The molecule has 1 saturated heterocycles. The van der Waals surface area contributed by atoms with E-state index in [2.05, 4.69) is 53.4 Å². The Kier molecular flexibility index (Phi) is 4.92. The normalized spacial score (nSPS) is 24.2. The molecule has 0 aromatic carbocycles. The number of nitrogens with zero attached hydrogens (tertiary/aromatic N) is 1. The van der Waals surface area contributed by atoms with Crippen LogP contribution in [0.4, 0.5) is 0 Å². The summed E-state index contributed by atoms with van der Waals surface area (Å²) in [5, 5.41) is 0. The van der Waals surface area contributed by atoms with Crippen LogP contribution in [0.1, 0.15) is 87.0 Å². The Balaban J connectivity index is 2.47. The van der Waals surface area contributed by atoms with E-state index in [1.807, 2.05) is 0 Å². The lowest BCUT2D eigenvalue weighted by Crippen LogP contribution is -2.58. The summed E-state index contributed by atoms with van der Waals surface area (Å²) < 4.78 is 0. The predicted octanol–water partition coefficient (Wildman–Crippen LogP) is 5.25. The zero-order valence-corrected chi connectivity index (χ0v) is 13.9. The van der Waals surface area contributed by atoms with Crippen LogP contribution in [-0.4, -0.2) is 22.5 Å². The zero-order chi connectivity index (χ0) is 14.0. The van der Waals surface area contributed by atoms with Gasteiger partial charge in [-0.1, -0.05) is 27.2 Å². The average molecular weight is 253 g/mol. The van der Waals surface area contributed by atoms with Crippen LogP contribution >= 0.6 is 0 Å². The Morgan fingerprint density at radius 3 is 1.83 bits per heavy atom. The second kappa shape index (κ2) is 5.53.